The zero-order valence-electron chi connectivity index (χ0n) is 9.97. The van der Waals surface area contributed by atoms with Gasteiger partial charge < -0.3 is 10.5 Å². The van der Waals surface area contributed by atoms with Gasteiger partial charge in [-0.3, -0.25) is 0 Å². The van der Waals surface area contributed by atoms with E-state index in [-0.39, 0.29) is 0 Å². The lowest BCUT2D eigenvalue weighted by atomic mass is 10.2. The summed E-state index contributed by atoms with van der Waals surface area (Å²) < 4.78 is 5.38. The highest BCUT2D eigenvalue weighted by Gasteiger charge is 2.03. The van der Waals surface area contributed by atoms with Crippen LogP contribution in [0.5, 0.6) is 5.75 Å². The fourth-order valence-corrected chi connectivity index (χ4v) is 1.48. The van der Waals surface area contributed by atoms with Crippen LogP contribution in [0, 0.1) is 6.92 Å². The Labute approximate surface area is 100 Å². The van der Waals surface area contributed by atoms with Crippen LogP contribution in [0.2, 0.25) is 0 Å². The Morgan fingerprint density at radius 2 is 1.94 bits per heavy atom. The number of anilines is 1. The summed E-state index contributed by atoms with van der Waals surface area (Å²) in [4.78, 5) is 8.55. The van der Waals surface area contributed by atoms with Crippen LogP contribution in [0.3, 0.4) is 0 Å². The molecule has 2 rings (SSSR count). The van der Waals surface area contributed by atoms with Crippen molar-refractivity contribution in [1.29, 1.82) is 0 Å². The summed E-state index contributed by atoms with van der Waals surface area (Å²) in [6, 6.07) is 7.70. The first-order valence-electron chi connectivity index (χ1n) is 5.53. The molecule has 0 atom stereocenters. The Kier molecular flexibility index (Phi) is 3.23. The third-order valence-electron chi connectivity index (χ3n) is 2.44. The van der Waals surface area contributed by atoms with Crippen molar-refractivity contribution in [3.63, 3.8) is 0 Å². The molecular weight excluding hydrogens is 214 g/mol. The van der Waals surface area contributed by atoms with E-state index in [0.717, 1.165) is 17.0 Å². The smallest absolute Gasteiger partial charge is 0.159 e. The van der Waals surface area contributed by atoms with E-state index in [9.17, 15) is 0 Å². The van der Waals surface area contributed by atoms with Crippen LogP contribution in [-0.4, -0.2) is 16.6 Å². The summed E-state index contributed by atoms with van der Waals surface area (Å²) in [5.41, 5.74) is 8.05. The van der Waals surface area contributed by atoms with Gasteiger partial charge in [-0.05, 0) is 38.1 Å². The summed E-state index contributed by atoms with van der Waals surface area (Å²) >= 11 is 0. The molecule has 0 aliphatic rings. The second-order valence-corrected chi connectivity index (χ2v) is 3.69. The minimum absolute atomic E-state index is 0.611. The monoisotopic (exact) mass is 229 g/mol. The van der Waals surface area contributed by atoms with Gasteiger partial charge in [-0.2, -0.15) is 0 Å². The Morgan fingerprint density at radius 3 is 2.53 bits per heavy atom. The molecule has 2 aromatic rings. The molecule has 4 nitrogen and oxygen atoms in total. The quantitative estimate of drug-likeness (QED) is 0.878. The molecule has 0 aliphatic carbocycles. The molecule has 1 aromatic carbocycles. The van der Waals surface area contributed by atoms with Gasteiger partial charge in [0, 0.05) is 5.56 Å². The van der Waals surface area contributed by atoms with Crippen LogP contribution in [0.4, 0.5) is 5.69 Å². The van der Waals surface area contributed by atoms with Crippen LogP contribution in [-0.2, 0) is 0 Å². The van der Waals surface area contributed by atoms with E-state index in [1.165, 1.54) is 0 Å². The molecule has 17 heavy (non-hydrogen) atoms. The van der Waals surface area contributed by atoms with Gasteiger partial charge in [-0.15, -0.1) is 0 Å². The molecule has 1 aromatic heterocycles. The van der Waals surface area contributed by atoms with Crippen LogP contribution in [0.1, 0.15) is 12.6 Å². The fourth-order valence-electron chi connectivity index (χ4n) is 1.48. The SMILES string of the molecule is CCOc1ccc(-c2ncc(N)c(C)n2)cc1. The summed E-state index contributed by atoms with van der Waals surface area (Å²) in [5.74, 6) is 1.53. The number of aromatic nitrogens is 2. The molecule has 0 fully saturated rings. The third-order valence-corrected chi connectivity index (χ3v) is 2.44. The van der Waals surface area contributed by atoms with Crippen molar-refractivity contribution >= 4 is 5.69 Å². The molecule has 2 N–H and O–H groups in total. The van der Waals surface area contributed by atoms with Crippen molar-refractivity contribution in [2.45, 2.75) is 13.8 Å². The van der Waals surface area contributed by atoms with E-state index in [2.05, 4.69) is 9.97 Å². The molecule has 0 spiro atoms. The van der Waals surface area contributed by atoms with Crippen LogP contribution in [0.25, 0.3) is 11.4 Å². The van der Waals surface area contributed by atoms with E-state index < -0.39 is 0 Å². The van der Waals surface area contributed by atoms with Crippen molar-refractivity contribution in [2.24, 2.45) is 0 Å². The average molecular weight is 229 g/mol. The zero-order chi connectivity index (χ0) is 12.3. The summed E-state index contributed by atoms with van der Waals surface area (Å²) in [7, 11) is 0. The average Bonchev–Trinajstić information content (AvgIpc) is 2.34. The number of hydrogen-bond acceptors (Lipinski definition) is 4. The Hall–Kier alpha value is -2.10. The lowest BCUT2D eigenvalue weighted by Crippen LogP contribution is -1.97. The third kappa shape index (κ3) is 2.53. The normalized spacial score (nSPS) is 10.2. The molecule has 0 unspecified atom stereocenters. The number of benzene rings is 1. The number of hydrogen-bond donors (Lipinski definition) is 1. The Balaban J connectivity index is 2.30. The number of nitrogen functional groups attached to an aromatic ring is 1. The first kappa shape index (κ1) is 11.4. The molecule has 0 radical (unpaired) electrons. The lowest BCUT2D eigenvalue weighted by molar-refractivity contribution is 0.340. The number of nitrogens with two attached hydrogens (primary N) is 1. The highest BCUT2D eigenvalue weighted by atomic mass is 16.5. The minimum Gasteiger partial charge on any atom is -0.494 e. The van der Waals surface area contributed by atoms with Crippen molar-refractivity contribution < 1.29 is 4.74 Å². The number of aryl methyl sites for hydroxylation is 1. The minimum atomic E-state index is 0.611. The van der Waals surface area contributed by atoms with Gasteiger partial charge in [0.2, 0.25) is 0 Å². The highest BCUT2D eigenvalue weighted by molar-refractivity contribution is 5.58. The Bertz CT molecular complexity index is 509. The number of ether oxygens (including phenoxy) is 1. The molecule has 4 heteroatoms. The van der Waals surface area contributed by atoms with Crippen molar-refractivity contribution in [3.05, 3.63) is 36.2 Å². The lowest BCUT2D eigenvalue weighted by Gasteiger charge is -2.05. The molecule has 0 saturated heterocycles. The summed E-state index contributed by atoms with van der Waals surface area (Å²) in [6.45, 7) is 4.49. The van der Waals surface area contributed by atoms with Gasteiger partial charge in [0.25, 0.3) is 0 Å². The van der Waals surface area contributed by atoms with Crippen LogP contribution < -0.4 is 10.5 Å². The molecule has 0 saturated carbocycles. The maximum absolute atomic E-state index is 5.69. The first-order valence-corrected chi connectivity index (χ1v) is 5.53. The van der Waals surface area contributed by atoms with Crippen LogP contribution in [0.15, 0.2) is 30.5 Å². The highest BCUT2D eigenvalue weighted by Crippen LogP contribution is 2.20. The molecule has 0 aliphatic heterocycles. The van der Waals surface area contributed by atoms with Crippen molar-refractivity contribution in [3.8, 4) is 17.1 Å². The van der Waals surface area contributed by atoms with E-state index in [0.29, 0.717) is 18.1 Å². The standard InChI is InChI=1S/C13H15N3O/c1-3-17-11-6-4-10(5-7-11)13-15-8-12(14)9(2)16-13/h4-8H,3,14H2,1-2H3. The molecule has 0 bridgehead atoms. The number of nitrogens with zero attached hydrogens (tertiary/aromatic N) is 2. The topological polar surface area (TPSA) is 61.0 Å². The van der Waals surface area contributed by atoms with Gasteiger partial charge >= 0.3 is 0 Å². The fraction of sp³-hybridized carbons (Fsp3) is 0.231. The van der Waals surface area contributed by atoms with Gasteiger partial charge in [-0.1, -0.05) is 0 Å². The van der Waals surface area contributed by atoms with Gasteiger partial charge in [0.05, 0.1) is 24.2 Å². The molecular formula is C13H15N3O. The van der Waals surface area contributed by atoms with Gasteiger partial charge in [0.1, 0.15) is 5.75 Å². The predicted molar refractivity (Wildman–Crippen MR) is 67.8 cm³/mol. The summed E-state index contributed by atoms with van der Waals surface area (Å²) in [5, 5.41) is 0. The Morgan fingerprint density at radius 1 is 1.24 bits per heavy atom. The zero-order valence-corrected chi connectivity index (χ0v) is 9.97. The maximum Gasteiger partial charge on any atom is 0.159 e. The van der Waals surface area contributed by atoms with Crippen molar-refractivity contribution in [2.75, 3.05) is 12.3 Å². The van der Waals surface area contributed by atoms with Crippen LogP contribution >= 0.6 is 0 Å². The van der Waals surface area contributed by atoms with Crippen molar-refractivity contribution in [1.82, 2.24) is 9.97 Å². The van der Waals surface area contributed by atoms with E-state index in [1.807, 2.05) is 38.1 Å². The molecule has 0 amide bonds. The van der Waals surface area contributed by atoms with E-state index in [1.54, 1.807) is 6.20 Å². The largest absolute Gasteiger partial charge is 0.494 e. The van der Waals surface area contributed by atoms with Gasteiger partial charge in [0.15, 0.2) is 5.82 Å². The predicted octanol–water partition coefficient (Wildman–Crippen LogP) is 2.43. The van der Waals surface area contributed by atoms with E-state index in [4.69, 9.17) is 10.5 Å². The van der Waals surface area contributed by atoms with Gasteiger partial charge in [-0.25, -0.2) is 9.97 Å². The number of rotatable bonds is 3. The maximum atomic E-state index is 5.69. The first-order chi connectivity index (χ1) is 8.20. The molecule has 88 valence electrons. The molecule has 1 heterocycles. The van der Waals surface area contributed by atoms with E-state index >= 15 is 0 Å². The summed E-state index contributed by atoms with van der Waals surface area (Å²) in [6.07, 6.45) is 1.63. The second kappa shape index (κ2) is 4.82. The second-order valence-electron chi connectivity index (χ2n) is 3.69.